The molecule has 1 aromatic heterocycles. The molecule has 0 fully saturated rings. The summed E-state index contributed by atoms with van der Waals surface area (Å²) in [4.78, 5) is 3.96. The average Bonchev–Trinajstić information content (AvgIpc) is 2.34. The number of rotatable bonds is 4. The highest BCUT2D eigenvalue weighted by molar-refractivity contribution is 7.92. The van der Waals surface area contributed by atoms with E-state index in [2.05, 4.69) is 9.71 Å². The van der Waals surface area contributed by atoms with E-state index >= 15 is 0 Å². The number of aryl methyl sites for hydroxylation is 1. The standard InChI is InChI=1S/C6H9ClN2O2S2/c1-5-4-12-6(8-5)9-13(10,11)3-2-7/h4H,2-3H2,1H3,(H,8,9). The molecule has 0 saturated carbocycles. The fourth-order valence-corrected chi connectivity index (χ4v) is 3.02. The largest absolute Gasteiger partial charge is 0.259 e. The van der Waals surface area contributed by atoms with E-state index in [9.17, 15) is 8.42 Å². The molecule has 0 spiro atoms. The van der Waals surface area contributed by atoms with Crippen LogP contribution in [0.1, 0.15) is 5.69 Å². The van der Waals surface area contributed by atoms with Crippen LogP contribution in [0.3, 0.4) is 0 Å². The van der Waals surface area contributed by atoms with E-state index in [0.717, 1.165) is 5.69 Å². The number of alkyl halides is 1. The topological polar surface area (TPSA) is 59.1 Å². The Hall–Kier alpha value is -0.330. The van der Waals surface area contributed by atoms with E-state index in [1.807, 2.05) is 0 Å². The van der Waals surface area contributed by atoms with Gasteiger partial charge in [-0.15, -0.1) is 22.9 Å². The molecular formula is C6H9ClN2O2S2. The molecule has 0 unspecified atom stereocenters. The van der Waals surface area contributed by atoms with Gasteiger partial charge in [0.05, 0.1) is 11.4 Å². The van der Waals surface area contributed by atoms with Crippen molar-refractivity contribution in [3.8, 4) is 0 Å². The molecule has 0 aromatic carbocycles. The molecule has 1 heterocycles. The van der Waals surface area contributed by atoms with Crippen molar-refractivity contribution in [2.75, 3.05) is 16.4 Å². The van der Waals surface area contributed by atoms with Crippen LogP contribution < -0.4 is 4.72 Å². The summed E-state index contributed by atoms with van der Waals surface area (Å²) in [7, 11) is -3.31. The van der Waals surface area contributed by atoms with Crippen molar-refractivity contribution in [2.45, 2.75) is 6.92 Å². The van der Waals surface area contributed by atoms with E-state index in [-0.39, 0.29) is 11.6 Å². The predicted octanol–water partition coefficient (Wildman–Crippen LogP) is 1.43. The molecule has 0 amide bonds. The molecule has 1 aromatic rings. The van der Waals surface area contributed by atoms with Crippen LogP contribution >= 0.6 is 22.9 Å². The second-order valence-corrected chi connectivity index (χ2v) is 5.48. The third-order valence-electron chi connectivity index (χ3n) is 1.21. The molecule has 0 saturated heterocycles. The van der Waals surface area contributed by atoms with Gasteiger partial charge in [-0.05, 0) is 6.92 Å². The Balaban J connectivity index is 2.69. The van der Waals surface area contributed by atoms with Crippen molar-refractivity contribution < 1.29 is 8.42 Å². The van der Waals surface area contributed by atoms with Gasteiger partial charge in [0.1, 0.15) is 0 Å². The van der Waals surface area contributed by atoms with E-state index in [1.54, 1.807) is 12.3 Å². The van der Waals surface area contributed by atoms with Gasteiger partial charge in [0.25, 0.3) is 0 Å². The molecule has 0 radical (unpaired) electrons. The van der Waals surface area contributed by atoms with Crippen LogP contribution in [-0.2, 0) is 10.0 Å². The fraction of sp³-hybridized carbons (Fsp3) is 0.500. The molecule has 0 aliphatic rings. The van der Waals surface area contributed by atoms with Gasteiger partial charge in [-0.3, -0.25) is 4.72 Å². The third-order valence-corrected chi connectivity index (χ3v) is 3.87. The zero-order valence-corrected chi connectivity index (χ0v) is 9.34. The summed E-state index contributed by atoms with van der Waals surface area (Å²) < 4.78 is 24.7. The highest BCUT2D eigenvalue weighted by atomic mass is 35.5. The second-order valence-electron chi connectivity index (χ2n) is 2.40. The highest BCUT2D eigenvalue weighted by Crippen LogP contribution is 2.15. The molecule has 4 nitrogen and oxygen atoms in total. The Bertz CT molecular complexity index is 374. The van der Waals surface area contributed by atoms with Crippen LogP contribution in [0.25, 0.3) is 0 Å². The Kier molecular flexibility index (Phi) is 3.52. The Morgan fingerprint density at radius 3 is 2.85 bits per heavy atom. The molecule has 7 heteroatoms. The molecule has 13 heavy (non-hydrogen) atoms. The van der Waals surface area contributed by atoms with Crippen molar-refractivity contribution >= 4 is 38.1 Å². The Labute approximate surface area is 86.0 Å². The van der Waals surface area contributed by atoms with Crippen LogP contribution in [0.5, 0.6) is 0 Å². The first-order valence-electron chi connectivity index (χ1n) is 3.52. The molecule has 0 aliphatic carbocycles. The van der Waals surface area contributed by atoms with Crippen molar-refractivity contribution in [1.29, 1.82) is 0 Å². The van der Waals surface area contributed by atoms with Gasteiger partial charge in [-0.1, -0.05) is 0 Å². The summed E-state index contributed by atoms with van der Waals surface area (Å²) in [6.07, 6.45) is 0. The van der Waals surface area contributed by atoms with Crippen LogP contribution in [0.2, 0.25) is 0 Å². The lowest BCUT2D eigenvalue weighted by Crippen LogP contribution is -2.17. The Morgan fingerprint density at radius 1 is 1.69 bits per heavy atom. The molecule has 0 atom stereocenters. The lowest BCUT2D eigenvalue weighted by Gasteiger charge is -2.01. The number of sulfonamides is 1. The highest BCUT2D eigenvalue weighted by Gasteiger charge is 2.10. The normalized spacial score (nSPS) is 11.5. The summed E-state index contributed by atoms with van der Waals surface area (Å²) in [5.41, 5.74) is 0.800. The van der Waals surface area contributed by atoms with Crippen LogP contribution in [-0.4, -0.2) is 25.0 Å². The lowest BCUT2D eigenvalue weighted by atomic mass is 10.6. The van der Waals surface area contributed by atoms with Crippen molar-refractivity contribution in [2.24, 2.45) is 0 Å². The fourth-order valence-electron chi connectivity index (χ4n) is 0.686. The zero-order chi connectivity index (χ0) is 9.90. The van der Waals surface area contributed by atoms with Crippen molar-refractivity contribution in [3.05, 3.63) is 11.1 Å². The monoisotopic (exact) mass is 240 g/mol. The SMILES string of the molecule is Cc1csc(NS(=O)(=O)CCCl)n1. The first kappa shape index (κ1) is 10.7. The van der Waals surface area contributed by atoms with Crippen LogP contribution in [0, 0.1) is 6.92 Å². The summed E-state index contributed by atoms with van der Waals surface area (Å²) in [6.45, 7) is 1.80. The summed E-state index contributed by atoms with van der Waals surface area (Å²) in [6, 6.07) is 0. The summed E-state index contributed by atoms with van der Waals surface area (Å²) in [5.74, 6) is -0.00707. The van der Waals surface area contributed by atoms with Crippen molar-refractivity contribution in [3.63, 3.8) is 0 Å². The van der Waals surface area contributed by atoms with Gasteiger partial charge in [0.2, 0.25) is 10.0 Å². The molecule has 74 valence electrons. The molecule has 1 rings (SSSR count). The first-order chi connectivity index (χ1) is 6.03. The minimum Gasteiger partial charge on any atom is -0.259 e. The quantitative estimate of drug-likeness (QED) is 0.810. The van der Waals surface area contributed by atoms with Crippen molar-refractivity contribution in [1.82, 2.24) is 4.98 Å². The molecular weight excluding hydrogens is 232 g/mol. The summed E-state index contributed by atoms with van der Waals surface area (Å²) in [5, 5.41) is 2.17. The Morgan fingerprint density at radius 2 is 2.38 bits per heavy atom. The predicted molar refractivity (Wildman–Crippen MR) is 55.0 cm³/mol. The maximum atomic E-state index is 11.2. The molecule has 0 aliphatic heterocycles. The zero-order valence-electron chi connectivity index (χ0n) is 6.95. The van der Waals surface area contributed by atoms with E-state index in [4.69, 9.17) is 11.6 Å². The second kappa shape index (κ2) is 4.26. The summed E-state index contributed by atoms with van der Waals surface area (Å²) >= 11 is 6.58. The molecule has 0 bridgehead atoms. The van der Waals surface area contributed by atoms with E-state index < -0.39 is 10.0 Å². The smallest absolute Gasteiger partial charge is 0.235 e. The number of nitrogens with one attached hydrogen (secondary N) is 1. The first-order valence-corrected chi connectivity index (χ1v) is 6.59. The molecule has 1 N–H and O–H groups in total. The van der Waals surface area contributed by atoms with E-state index in [0.29, 0.717) is 5.13 Å². The lowest BCUT2D eigenvalue weighted by molar-refractivity contribution is 0.602. The average molecular weight is 241 g/mol. The third kappa shape index (κ3) is 3.50. The minimum atomic E-state index is -3.31. The van der Waals surface area contributed by atoms with Gasteiger partial charge in [-0.2, -0.15) is 0 Å². The number of thiazole rings is 1. The van der Waals surface area contributed by atoms with Gasteiger partial charge < -0.3 is 0 Å². The van der Waals surface area contributed by atoms with Gasteiger partial charge in [0.15, 0.2) is 5.13 Å². The number of aromatic nitrogens is 1. The number of hydrogen-bond acceptors (Lipinski definition) is 4. The number of halogens is 1. The number of nitrogens with zero attached hydrogens (tertiary/aromatic N) is 1. The van der Waals surface area contributed by atoms with Crippen LogP contribution in [0.4, 0.5) is 5.13 Å². The van der Waals surface area contributed by atoms with Crippen LogP contribution in [0.15, 0.2) is 5.38 Å². The van der Waals surface area contributed by atoms with Gasteiger partial charge in [0, 0.05) is 11.3 Å². The minimum absolute atomic E-state index is 0.0830. The maximum absolute atomic E-state index is 11.2. The maximum Gasteiger partial charge on any atom is 0.235 e. The van der Waals surface area contributed by atoms with E-state index in [1.165, 1.54) is 11.3 Å². The number of anilines is 1. The van der Waals surface area contributed by atoms with Gasteiger partial charge >= 0.3 is 0 Å². The number of hydrogen-bond donors (Lipinski definition) is 1. The van der Waals surface area contributed by atoms with Gasteiger partial charge in [-0.25, -0.2) is 13.4 Å².